The van der Waals surface area contributed by atoms with E-state index in [1.807, 2.05) is 27.7 Å². The molecule has 0 aromatic rings. The molecule has 7 heteroatoms. The number of amides is 2. The highest BCUT2D eigenvalue weighted by Gasteiger charge is 2.32. The monoisotopic (exact) mass is 452 g/mol. The van der Waals surface area contributed by atoms with Crippen LogP contribution in [-0.2, 0) is 19.1 Å². The number of urea groups is 1. The van der Waals surface area contributed by atoms with Gasteiger partial charge in [0, 0.05) is 25.2 Å². The SMILES string of the molecule is C=CC(=O)OCC(C)(C)CC(C)(C)CNC(=O)NCC(C)(C)CC(C)(C)COC(=O)C=C. The second kappa shape index (κ2) is 12.1. The number of rotatable bonds is 14. The van der Waals surface area contributed by atoms with E-state index < -0.39 is 11.9 Å². The van der Waals surface area contributed by atoms with E-state index in [0.717, 1.165) is 25.0 Å². The van der Waals surface area contributed by atoms with Gasteiger partial charge in [0.25, 0.3) is 0 Å². The Hall–Kier alpha value is -2.31. The standard InChI is InChI=1S/C25H44N2O5/c1-11-19(28)31-17-24(7,8)13-22(3,4)15-26-21(30)27-16-23(5,6)14-25(9,10)18-32-20(29)12-2/h11-12H,1-2,13-18H2,3-10H3,(H2,26,27,30). The molecule has 0 spiro atoms. The third-order valence-electron chi connectivity index (χ3n) is 4.91. The number of carbonyl (C=O) groups is 3. The van der Waals surface area contributed by atoms with Gasteiger partial charge < -0.3 is 20.1 Å². The number of hydrogen-bond donors (Lipinski definition) is 2. The highest BCUT2D eigenvalue weighted by molar-refractivity contribution is 5.81. The molecule has 0 fully saturated rings. The van der Waals surface area contributed by atoms with Crippen LogP contribution in [0.4, 0.5) is 4.79 Å². The van der Waals surface area contributed by atoms with Crippen molar-refractivity contribution in [3.05, 3.63) is 25.3 Å². The second-order valence-electron chi connectivity index (χ2n) is 11.7. The van der Waals surface area contributed by atoms with Crippen LogP contribution < -0.4 is 10.6 Å². The van der Waals surface area contributed by atoms with Gasteiger partial charge in [-0.05, 0) is 34.5 Å². The van der Waals surface area contributed by atoms with Crippen LogP contribution >= 0.6 is 0 Å². The minimum Gasteiger partial charge on any atom is -0.462 e. The van der Waals surface area contributed by atoms with Crippen LogP contribution in [0.1, 0.15) is 68.2 Å². The Bertz CT molecular complexity index is 622. The molecule has 0 saturated carbocycles. The van der Waals surface area contributed by atoms with Gasteiger partial charge in [-0.15, -0.1) is 0 Å². The van der Waals surface area contributed by atoms with Gasteiger partial charge in [0.1, 0.15) is 0 Å². The van der Waals surface area contributed by atoms with E-state index in [2.05, 4.69) is 51.5 Å². The van der Waals surface area contributed by atoms with Gasteiger partial charge in [-0.1, -0.05) is 68.5 Å². The molecule has 0 saturated heterocycles. The summed E-state index contributed by atoms with van der Waals surface area (Å²) in [4.78, 5) is 35.0. The predicted molar refractivity (Wildman–Crippen MR) is 128 cm³/mol. The number of nitrogens with one attached hydrogen (secondary N) is 2. The summed E-state index contributed by atoms with van der Waals surface area (Å²) in [7, 11) is 0. The van der Waals surface area contributed by atoms with Gasteiger partial charge in [-0.25, -0.2) is 14.4 Å². The van der Waals surface area contributed by atoms with Crippen molar-refractivity contribution in [3.8, 4) is 0 Å². The molecule has 0 aromatic carbocycles. The van der Waals surface area contributed by atoms with Crippen molar-refractivity contribution in [1.82, 2.24) is 10.6 Å². The normalized spacial score (nSPS) is 12.5. The van der Waals surface area contributed by atoms with Crippen LogP contribution in [-0.4, -0.2) is 44.3 Å². The van der Waals surface area contributed by atoms with Gasteiger partial charge in [-0.3, -0.25) is 0 Å². The molecule has 0 unspecified atom stereocenters. The van der Waals surface area contributed by atoms with Gasteiger partial charge in [0.15, 0.2) is 0 Å². The zero-order valence-corrected chi connectivity index (χ0v) is 21.4. The first-order valence-corrected chi connectivity index (χ1v) is 11.0. The summed E-state index contributed by atoms with van der Waals surface area (Å²) in [5.41, 5.74) is -0.839. The minimum atomic E-state index is -0.432. The number of hydrogen-bond acceptors (Lipinski definition) is 5. The molecule has 0 aliphatic heterocycles. The van der Waals surface area contributed by atoms with E-state index in [1.54, 1.807) is 0 Å². The smallest absolute Gasteiger partial charge is 0.330 e. The van der Waals surface area contributed by atoms with E-state index in [0.29, 0.717) is 26.3 Å². The largest absolute Gasteiger partial charge is 0.462 e. The third kappa shape index (κ3) is 13.9. The molecular weight excluding hydrogens is 408 g/mol. The molecule has 0 bridgehead atoms. The lowest BCUT2D eigenvalue weighted by Crippen LogP contribution is -2.45. The first kappa shape index (κ1) is 29.7. The minimum absolute atomic E-state index is 0.187. The lowest BCUT2D eigenvalue weighted by molar-refractivity contribution is -0.142. The maximum atomic E-state index is 12.4. The van der Waals surface area contributed by atoms with Crippen molar-refractivity contribution in [2.45, 2.75) is 68.2 Å². The summed E-state index contributed by atoms with van der Waals surface area (Å²) in [6.45, 7) is 24.8. The van der Waals surface area contributed by atoms with Gasteiger partial charge in [0.2, 0.25) is 0 Å². The molecule has 0 atom stereocenters. The summed E-state index contributed by atoms with van der Waals surface area (Å²) in [6, 6.07) is -0.224. The van der Waals surface area contributed by atoms with Crippen molar-refractivity contribution < 1.29 is 23.9 Å². The fraction of sp³-hybridized carbons (Fsp3) is 0.720. The molecule has 0 aliphatic carbocycles. The first-order chi connectivity index (χ1) is 14.4. The Morgan fingerprint density at radius 2 is 0.969 bits per heavy atom. The Morgan fingerprint density at radius 1 is 0.656 bits per heavy atom. The fourth-order valence-electron chi connectivity index (χ4n) is 4.17. The van der Waals surface area contributed by atoms with Crippen LogP contribution in [0.2, 0.25) is 0 Å². The van der Waals surface area contributed by atoms with E-state index in [4.69, 9.17) is 9.47 Å². The average Bonchev–Trinajstić information content (AvgIpc) is 2.65. The van der Waals surface area contributed by atoms with Crippen molar-refractivity contribution >= 4 is 18.0 Å². The molecule has 7 nitrogen and oxygen atoms in total. The third-order valence-corrected chi connectivity index (χ3v) is 4.91. The van der Waals surface area contributed by atoms with Gasteiger partial charge in [-0.2, -0.15) is 0 Å². The molecule has 2 N–H and O–H groups in total. The van der Waals surface area contributed by atoms with E-state index >= 15 is 0 Å². The number of esters is 2. The molecule has 0 heterocycles. The van der Waals surface area contributed by atoms with Crippen molar-refractivity contribution in [2.24, 2.45) is 21.7 Å². The van der Waals surface area contributed by atoms with Gasteiger partial charge >= 0.3 is 18.0 Å². The van der Waals surface area contributed by atoms with E-state index in [9.17, 15) is 14.4 Å². The van der Waals surface area contributed by atoms with E-state index in [-0.39, 0.29) is 27.7 Å². The van der Waals surface area contributed by atoms with Gasteiger partial charge in [0.05, 0.1) is 13.2 Å². The first-order valence-electron chi connectivity index (χ1n) is 11.0. The zero-order chi connectivity index (χ0) is 25.2. The number of ether oxygens (including phenoxy) is 2. The Balaban J connectivity index is 4.56. The fourth-order valence-corrected chi connectivity index (χ4v) is 4.17. The van der Waals surface area contributed by atoms with Crippen molar-refractivity contribution in [1.29, 1.82) is 0 Å². The zero-order valence-electron chi connectivity index (χ0n) is 21.4. The summed E-state index contributed by atoms with van der Waals surface area (Å²) in [5.74, 6) is -0.865. The summed E-state index contributed by atoms with van der Waals surface area (Å²) >= 11 is 0. The van der Waals surface area contributed by atoms with Crippen LogP contribution in [0.15, 0.2) is 25.3 Å². The van der Waals surface area contributed by atoms with Crippen molar-refractivity contribution in [2.75, 3.05) is 26.3 Å². The van der Waals surface area contributed by atoms with E-state index in [1.165, 1.54) is 0 Å². The average molecular weight is 453 g/mol. The molecule has 32 heavy (non-hydrogen) atoms. The van der Waals surface area contributed by atoms with Crippen LogP contribution in [0.3, 0.4) is 0 Å². The highest BCUT2D eigenvalue weighted by Crippen LogP contribution is 2.34. The topological polar surface area (TPSA) is 93.7 Å². The molecular formula is C25H44N2O5. The summed E-state index contributed by atoms with van der Waals surface area (Å²) in [6.07, 6.45) is 3.83. The highest BCUT2D eigenvalue weighted by atomic mass is 16.5. The van der Waals surface area contributed by atoms with Crippen molar-refractivity contribution in [3.63, 3.8) is 0 Å². The lowest BCUT2D eigenvalue weighted by Gasteiger charge is -2.35. The molecule has 2 amide bonds. The molecule has 184 valence electrons. The quantitative estimate of drug-likeness (QED) is 0.296. The maximum Gasteiger partial charge on any atom is 0.330 e. The molecule has 0 aromatic heterocycles. The Labute approximate surface area is 194 Å². The summed E-state index contributed by atoms with van der Waals surface area (Å²) in [5, 5.41) is 5.90. The lowest BCUT2D eigenvalue weighted by atomic mass is 9.75. The second-order valence-corrected chi connectivity index (χ2v) is 11.7. The Kier molecular flexibility index (Phi) is 11.2. The number of carbonyl (C=O) groups excluding carboxylic acids is 3. The van der Waals surface area contributed by atoms with Crippen LogP contribution in [0, 0.1) is 21.7 Å². The molecule has 0 rings (SSSR count). The summed E-state index contributed by atoms with van der Waals surface area (Å²) < 4.78 is 10.4. The van der Waals surface area contributed by atoms with Crippen LogP contribution in [0.25, 0.3) is 0 Å². The van der Waals surface area contributed by atoms with Crippen LogP contribution in [0.5, 0.6) is 0 Å². The maximum absolute atomic E-state index is 12.4. The molecule has 0 aliphatic rings. The molecule has 0 radical (unpaired) electrons. The predicted octanol–water partition coefficient (Wildman–Crippen LogP) is 4.63. The Morgan fingerprint density at radius 3 is 1.25 bits per heavy atom.